The summed E-state index contributed by atoms with van der Waals surface area (Å²) in [6.07, 6.45) is -1.43. The molecule has 0 bridgehead atoms. The van der Waals surface area contributed by atoms with Gasteiger partial charge in [-0.3, -0.25) is 5.21 Å². The zero-order valence-electron chi connectivity index (χ0n) is 6.84. The monoisotopic (exact) mass is 182 g/mol. The number of amides is 1. The SMILES string of the molecule is NCc1ccccc1N(O)C(=O)O. The van der Waals surface area contributed by atoms with Crippen molar-refractivity contribution < 1.29 is 15.1 Å². The van der Waals surface area contributed by atoms with E-state index in [1.54, 1.807) is 18.2 Å². The predicted molar refractivity (Wildman–Crippen MR) is 46.6 cm³/mol. The van der Waals surface area contributed by atoms with Gasteiger partial charge in [-0.1, -0.05) is 18.2 Å². The van der Waals surface area contributed by atoms with Crippen molar-refractivity contribution in [2.45, 2.75) is 6.54 Å². The minimum absolute atomic E-state index is 0.155. The lowest BCUT2D eigenvalue weighted by molar-refractivity contribution is 0.160. The number of nitrogens with two attached hydrogens (primary N) is 1. The second-order valence-electron chi connectivity index (χ2n) is 2.43. The van der Waals surface area contributed by atoms with Crippen molar-refractivity contribution in [3.05, 3.63) is 29.8 Å². The van der Waals surface area contributed by atoms with Gasteiger partial charge in [-0.2, -0.15) is 5.06 Å². The Labute approximate surface area is 75.0 Å². The third-order valence-electron chi connectivity index (χ3n) is 1.62. The fraction of sp³-hybridized carbons (Fsp3) is 0.125. The number of carbonyl (C=O) groups is 1. The summed E-state index contributed by atoms with van der Waals surface area (Å²) < 4.78 is 0. The summed E-state index contributed by atoms with van der Waals surface area (Å²) in [4.78, 5) is 10.4. The highest BCUT2D eigenvalue weighted by Crippen LogP contribution is 2.17. The molecule has 0 saturated heterocycles. The van der Waals surface area contributed by atoms with Crippen LogP contribution in [0.15, 0.2) is 24.3 Å². The highest BCUT2D eigenvalue weighted by Gasteiger charge is 2.13. The largest absolute Gasteiger partial charge is 0.463 e. The fourth-order valence-electron chi connectivity index (χ4n) is 0.993. The molecule has 0 spiro atoms. The third-order valence-corrected chi connectivity index (χ3v) is 1.62. The van der Waals surface area contributed by atoms with Crippen molar-refractivity contribution >= 4 is 11.8 Å². The minimum Gasteiger partial charge on any atom is -0.463 e. The molecule has 0 saturated carbocycles. The summed E-state index contributed by atoms with van der Waals surface area (Å²) in [6.45, 7) is 0.181. The molecule has 4 N–H and O–H groups in total. The average molecular weight is 182 g/mol. The molecule has 1 aromatic carbocycles. The summed E-state index contributed by atoms with van der Waals surface area (Å²) in [5, 5.41) is 17.7. The molecule has 70 valence electrons. The Morgan fingerprint density at radius 3 is 2.62 bits per heavy atom. The smallest absolute Gasteiger partial charge is 0.436 e. The molecule has 0 aliphatic carbocycles. The summed E-state index contributed by atoms with van der Waals surface area (Å²) in [5.74, 6) is 0. The molecule has 0 aliphatic heterocycles. The number of carboxylic acid groups (broad SMARTS) is 1. The molecule has 5 nitrogen and oxygen atoms in total. The normalized spacial score (nSPS) is 9.69. The van der Waals surface area contributed by atoms with Gasteiger partial charge in [0.15, 0.2) is 0 Å². The Balaban J connectivity index is 3.05. The average Bonchev–Trinajstić information content (AvgIpc) is 2.16. The zero-order chi connectivity index (χ0) is 9.84. The van der Waals surface area contributed by atoms with Gasteiger partial charge >= 0.3 is 6.09 Å². The maximum atomic E-state index is 10.4. The van der Waals surface area contributed by atoms with Gasteiger partial charge in [-0.15, -0.1) is 0 Å². The van der Waals surface area contributed by atoms with Crippen molar-refractivity contribution in [3.8, 4) is 0 Å². The maximum Gasteiger partial charge on any atom is 0.436 e. The van der Waals surface area contributed by atoms with Crippen molar-refractivity contribution in [3.63, 3.8) is 0 Å². The van der Waals surface area contributed by atoms with Gasteiger partial charge in [-0.25, -0.2) is 4.79 Å². The van der Waals surface area contributed by atoms with Gasteiger partial charge in [0.05, 0.1) is 5.69 Å². The number of benzene rings is 1. The fourth-order valence-corrected chi connectivity index (χ4v) is 0.993. The van der Waals surface area contributed by atoms with Crippen LogP contribution in [0.4, 0.5) is 10.5 Å². The predicted octanol–water partition coefficient (Wildman–Crippen LogP) is 1.02. The second-order valence-corrected chi connectivity index (χ2v) is 2.43. The van der Waals surface area contributed by atoms with E-state index in [-0.39, 0.29) is 17.3 Å². The number of anilines is 1. The van der Waals surface area contributed by atoms with Crippen LogP contribution in [0.2, 0.25) is 0 Å². The van der Waals surface area contributed by atoms with E-state index in [4.69, 9.17) is 16.0 Å². The number of hydrogen-bond donors (Lipinski definition) is 3. The van der Waals surface area contributed by atoms with Crippen LogP contribution in [0, 0.1) is 0 Å². The number of hydroxylamine groups is 1. The molecule has 0 unspecified atom stereocenters. The van der Waals surface area contributed by atoms with Gasteiger partial charge in [0.1, 0.15) is 0 Å². The van der Waals surface area contributed by atoms with Crippen LogP contribution in [0.1, 0.15) is 5.56 Å². The molecule has 0 heterocycles. The Hall–Kier alpha value is -1.59. The van der Waals surface area contributed by atoms with Crippen LogP contribution in [-0.2, 0) is 6.54 Å². The van der Waals surface area contributed by atoms with Crippen molar-refractivity contribution in [1.82, 2.24) is 0 Å². The van der Waals surface area contributed by atoms with Crippen molar-refractivity contribution in [1.29, 1.82) is 0 Å². The van der Waals surface area contributed by atoms with E-state index in [9.17, 15) is 4.79 Å². The molecule has 1 amide bonds. The van der Waals surface area contributed by atoms with E-state index in [0.29, 0.717) is 5.56 Å². The lowest BCUT2D eigenvalue weighted by Gasteiger charge is -2.13. The highest BCUT2D eigenvalue weighted by molar-refractivity contribution is 5.84. The summed E-state index contributed by atoms with van der Waals surface area (Å²) in [5.41, 5.74) is 6.13. The Morgan fingerprint density at radius 2 is 2.08 bits per heavy atom. The van der Waals surface area contributed by atoms with Crippen molar-refractivity contribution in [2.75, 3.05) is 5.06 Å². The summed E-state index contributed by atoms with van der Waals surface area (Å²) in [6, 6.07) is 6.49. The van der Waals surface area contributed by atoms with E-state index in [0.717, 1.165) is 0 Å². The first-order valence-corrected chi connectivity index (χ1v) is 3.66. The lowest BCUT2D eigenvalue weighted by atomic mass is 10.2. The number of nitrogens with zero attached hydrogens (tertiary/aromatic N) is 1. The number of hydrogen-bond acceptors (Lipinski definition) is 3. The Morgan fingerprint density at radius 1 is 1.46 bits per heavy atom. The van der Waals surface area contributed by atoms with Gasteiger partial charge in [-0.05, 0) is 11.6 Å². The summed E-state index contributed by atoms with van der Waals surface area (Å²) >= 11 is 0. The molecule has 0 radical (unpaired) electrons. The van der Waals surface area contributed by atoms with E-state index >= 15 is 0 Å². The van der Waals surface area contributed by atoms with E-state index < -0.39 is 6.09 Å². The third kappa shape index (κ3) is 1.95. The molecule has 0 fully saturated rings. The molecule has 1 aromatic rings. The van der Waals surface area contributed by atoms with Gasteiger partial charge < -0.3 is 10.8 Å². The minimum atomic E-state index is -1.43. The van der Waals surface area contributed by atoms with Crippen LogP contribution < -0.4 is 10.8 Å². The maximum absolute atomic E-state index is 10.4. The van der Waals surface area contributed by atoms with Gasteiger partial charge in [0.2, 0.25) is 0 Å². The van der Waals surface area contributed by atoms with E-state index in [1.807, 2.05) is 0 Å². The topological polar surface area (TPSA) is 86.8 Å². The summed E-state index contributed by atoms with van der Waals surface area (Å²) in [7, 11) is 0. The van der Waals surface area contributed by atoms with Crippen LogP contribution in [0.25, 0.3) is 0 Å². The molecule has 13 heavy (non-hydrogen) atoms. The standard InChI is InChI=1S/C8H10N2O3/c9-5-6-3-1-2-4-7(6)10(13)8(11)12/h1-4,13H,5,9H2,(H,11,12). The van der Waals surface area contributed by atoms with E-state index in [1.165, 1.54) is 6.07 Å². The molecule has 5 heteroatoms. The first kappa shape index (κ1) is 9.50. The van der Waals surface area contributed by atoms with Crippen molar-refractivity contribution in [2.24, 2.45) is 5.73 Å². The number of para-hydroxylation sites is 1. The second kappa shape index (κ2) is 3.88. The molecule has 0 aliphatic rings. The molecular formula is C8H10N2O3. The first-order valence-electron chi connectivity index (χ1n) is 3.66. The quantitative estimate of drug-likeness (QED) is 0.470. The van der Waals surface area contributed by atoms with Gasteiger partial charge in [0, 0.05) is 6.54 Å². The van der Waals surface area contributed by atoms with Gasteiger partial charge in [0.25, 0.3) is 0 Å². The Kier molecular flexibility index (Phi) is 2.84. The zero-order valence-corrected chi connectivity index (χ0v) is 6.84. The van der Waals surface area contributed by atoms with Crippen LogP contribution >= 0.6 is 0 Å². The van der Waals surface area contributed by atoms with Crippen LogP contribution in [-0.4, -0.2) is 16.4 Å². The van der Waals surface area contributed by atoms with Crippen LogP contribution in [0.5, 0.6) is 0 Å². The first-order chi connectivity index (χ1) is 6.16. The molecule has 1 rings (SSSR count). The molecular weight excluding hydrogens is 172 g/mol. The molecule has 0 aromatic heterocycles. The highest BCUT2D eigenvalue weighted by atomic mass is 16.6. The van der Waals surface area contributed by atoms with E-state index in [2.05, 4.69) is 0 Å². The van der Waals surface area contributed by atoms with Crippen LogP contribution in [0.3, 0.4) is 0 Å². The number of rotatable bonds is 2. The molecule has 0 atom stereocenters. The Bertz CT molecular complexity index is 314. The lowest BCUT2D eigenvalue weighted by Crippen LogP contribution is -2.26.